The molecule has 114 valence electrons. The van der Waals surface area contributed by atoms with Gasteiger partial charge in [0.1, 0.15) is 0 Å². The minimum absolute atomic E-state index is 0.525. The minimum Gasteiger partial charge on any atom is -0.383 e. The van der Waals surface area contributed by atoms with E-state index in [0.29, 0.717) is 6.04 Å². The number of benzene rings is 1. The highest BCUT2D eigenvalue weighted by atomic mass is 16.5. The van der Waals surface area contributed by atoms with Crippen LogP contribution in [0.1, 0.15) is 12.8 Å². The molecule has 0 amide bonds. The molecule has 1 unspecified atom stereocenters. The standard InChI is InChI=1S/C16H24N4O/c1-19-15-8-4-3-7-14(15)18-16(19)20-10-5-6-13(20)12-17-9-11-21-2/h3-4,7-8,13,17H,5-6,9-12H2,1-2H3. The fourth-order valence-corrected chi connectivity index (χ4v) is 3.14. The second kappa shape index (κ2) is 6.45. The topological polar surface area (TPSA) is 42.3 Å². The zero-order chi connectivity index (χ0) is 14.7. The number of fused-ring (bicyclic) bond motifs is 1. The van der Waals surface area contributed by atoms with Gasteiger partial charge in [0, 0.05) is 39.8 Å². The number of rotatable bonds is 6. The Morgan fingerprint density at radius 2 is 2.24 bits per heavy atom. The van der Waals surface area contributed by atoms with Crippen molar-refractivity contribution in [3.8, 4) is 0 Å². The molecule has 0 aliphatic carbocycles. The summed E-state index contributed by atoms with van der Waals surface area (Å²) in [7, 11) is 3.85. The number of aromatic nitrogens is 2. The van der Waals surface area contributed by atoms with Gasteiger partial charge < -0.3 is 19.5 Å². The smallest absolute Gasteiger partial charge is 0.206 e. The van der Waals surface area contributed by atoms with Crippen molar-refractivity contribution in [1.29, 1.82) is 0 Å². The first kappa shape index (κ1) is 14.4. The molecule has 2 aromatic rings. The maximum absolute atomic E-state index is 5.08. The van der Waals surface area contributed by atoms with Gasteiger partial charge in [-0.15, -0.1) is 0 Å². The summed E-state index contributed by atoms with van der Waals surface area (Å²) >= 11 is 0. The molecule has 1 aromatic carbocycles. The first-order valence-electron chi connectivity index (χ1n) is 7.69. The van der Waals surface area contributed by atoms with E-state index >= 15 is 0 Å². The van der Waals surface area contributed by atoms with Gasteiger partial charge in [0.2, 0.25) is 5.95 Å². The van der Waals surface area contributed by atoms with Crippen molar-refractivity contribution in [2.45, 2.75) is 18.9 Å². The Bertz CT molecular complexity index is 595. The van der Waals surface area contributed by atoms with Crippen LogP contribution in [0.4, 0.5) is 5.95 Å². The number of methoxy groups -OCH3 is 1. The summed E-state index contributed by atoms with van der Waals surface area (Å²) in [5, 5.41) is 3.48. The molecule has 0 bridgehead atoms. The molecule has 0 saturated carbocycles. The van der Waals surface area contributed by atoms with Crippen LogP contribution in [0.15, 0.2) is 24.3 Å². The van der Waals surface area contributed by atoms with Crippen LogP contribution in [-0.2, 0) is 11.8 Å². The summed E-state index contributed by atoms with van der Waals surface area (Å²) in [4.78, 5) is 7.27. The summed E-state index contributed by atoms with van der Waals surface area (Å²) in [5.41, 5.74) is 2.28. The maximum Gasteiger partial charge on any atom is 0.206 e. The number of ether oxygens (including phenoxy) is 1. The molecule has 5 nitrogen and oxygen atoms in total. The molecular weight excluding hydrogens is 264 g/mol. The van der Waals surface area contributed by atoms with Crippen LogP contribution in [0.25, 0.3) is 11.0 Å². The zero-order valence-corrected chi connectivity index (χ0v) is 12.9. The van der Waals surface area contributed by atoms with Crippen LogP contribution in [0.2, 0.25) is 0 Å². The Balaban J connectivity index is 1.75. The molecule has 21 heavy (non-hydrogen) atoms. The summed E-state index contributed by atoms with van der Waals surface area (Å²) in [6.07, 6.45) is 2.46. The second-order valence-electron chi connectivity index (χ2n) is 5.65. The van der Waals surface area contributed by atoms with Gasteiger partial charge in [-0.3, -0.25) is 0 Å². The van der Waals surface area contributed by atoms with Gasteiger partial charge in [0.05, 0.1) is 17.6 Å². The number of aryl methyl sites for hydroxylation is 1. The molecule has 1 aromatic heterocycles. The van der Waals surface area contributed by atoms with E-state index in [2.05, 4.69) is 40.0 Å². The van der Waals surface area contributed by atoms with E-state index in [0.717, 1.165) is 37.7 Å². The lowest BCUT2D eigenvalue weighted by atomic mass is 10.2. The SMILES string of the molecule is COCCNCC1CCCN1c1nc2ccccc2n1C. The monoisotopic (exact) mass is 288 g/mol. The third-order valence-corrected chi connectivity index (χ3v) is 4.26. The fourth-order valence-electron chi connectivity index (χ4n) is 3.14. The van der Waals surface area contributed by atoms with E-state index in [1.807, 2.05) is 6.07 Å². The summed E-state index contributed by atoms with van der Waals surface area (Å²) in [5.74, 6) is 1.09. The van der Waals surface area contributed by atoms with E-state index in [9.17, 15) is 0 Å². The van der Waals surface area contributed by atoms with Gasteiger partial charge in [-0.1, -0.05) is 12.1 Å². The first-order chi connectivity index (χ1) is 10.3. The van der Waals surface area contributed by atoms with Gasteiger partial charge in [-0.05, 0) is 25.0 Å². The van der Waals surface area contributed by atoms with Gasteiger partial charge in [0.25, 0.3) is 0 Å². The Labute approximate surface area is 125 Å². The number of anilines is 1. The number of nitrogens with zero attached hydrogens (tertiary/aromatic N) is 3. The molecule has 2 heterocycles. The highest BCUT2D eigenvalue weighted by molar-refractivity contribution is 5.78. The number of imidazole rings is 1. The lowest BCUT2D eigenvalue weighted by Gasteiger charge is -2.26. The maximum atomic E-state index is 5.08. The highest BCUT2D eigenvalue weighted by Crippen LogP contribution is 2.27. The number of hydrogen-bond acceptors (Lipinski definition) is 4. The van der Waals surface area contributed by atoms with Crippen molar-refractivity contribution in [2.75, 3.05) is 38.3 Å². The van der Waals surface area contributed by atoms with Crippen LogP contribution >= 0.6 is 0 Å². The molecule has 3 rings (SSSR count). The molecule has 1 fully saturated rings. The fraction of sp³-hybridized carbons (Fsp3) is 0.562. The van der Waals surface area contributed by atoms with Crippen molar-refractivity contribution >= 4 is 17.0 Å². The van der Waals surface area contributed by atoms with E-state index in [1.165, 1.54) is 18.4 Å². The Kier molecular flexibility index (Phi) is 4.41. The molecule has 1 N–H and O–H groups in total. The van der Waals surface area contributed by atoms with Crippen molar-refractivity contribution in [2.24, 2.45) is 7.05 Å². The van der Waals surface area contributed by atoms with Crippen LogP contribution in [0, 0.1) is 0 Å². The van der Waals surface area contributed by atoms with E-state index in [4.69, 9.17) is 9.72 Å². The Morgan fingerprint density at radius 3 is 3.05 bits per heavy atom. The van der Waals surface area contributed by atoms with Gasteiger partial charge in [-0.25, -0.2) is 4.98 Å². The number of para-hydroxylation sites is 2. The predicted octanol–water partition coefficient (Wildman–Crippen LogP) is 1.78. The lowest BCUT2D eigenvalue weighted by Crippen LogP contribution is -2.40. The highest BCUT2D eigenvalue weighted by Gasteiger charge is 2.27. The largest absolute Gasteiger partial charge is 0.383 e. The zero-order valence-electron chi connectivity index (χ0n) is 12.9. The lowest BCUT2D eigenvalue weighted by molar-refractivity contribution is 0.199. The van der Waals surface area contributed by atoms with Gasteiger partial charge >= 0.3 is 0 Å². The molecule has 0 radical (unpaired) electrons. The third-order valence-electron chi connectivity index (χ3n) is 4.26. The Morgan fingerprint density at radius 1 is 1.38 bits per heavy atom. The van der Waals surface area contributed by atoms with Crippen LogP contribution in [0.3, 0.4) is 0 Å². The summed E-state index contributed by atoms with van der Waals surface area (Å²) in [6, 6.07) is 8.86. The first-order valence-corrected chi connectivity index (χ1v) is 7.69. The van der Waals surface area contributed by atoms with Crippen LogP contribution < -0.4 is 10.2 Å². The van der Waals surface area contributed by atoms with Gasteiger partial charge in [-0.2, -0.15) is 0 Å². The summed E-state index contributed by atoms with van der Waals surface area (Å²) in [6.45, 7) is 3.75. The minimum atomic E-state index is 0.525. The van der Waals surface area contributed by atoms with Crippen LogP contribution in [0.5, 0.6) is 0 Å². The van der Waals surface area contributed by atoms with E-state index in [1.54, 1.807) is 7.11 Å². The Hall–Kier alpha value is -1.59. The molecule has 0 spiro atoms. The van der Waals surface area contributed by atoms with Crippen molar-refractivity contribution < 1.29 is 4.74 Å². The van der Waals surface area contributed by atoms with Crippen molar-refractivity contribution in [3.05, 3.63) is 24.3 Å². The molecule has 1 atom stereocenters. The van der Waals surface area contributed by atoms with E-state index < -0.39 is 0 Å². The summed E-state index contributed by atoms with van der Waals surface area (Å²) < 4.78 is 7.30. The average molecular weight is 288 g/mol. The molecule has 1 aliphatic rings. The molecular formula is C16H24N4O. The predicted molar refractivity (Wildman–Crippen MR) is 85.8 cm³/mol. The van der Waals surface area contributed by atoms with Crippen molar-refractivity contribution in [3.63, 3.8) is 0 Å². The second-order valence-corrected chi connectivity index (χ2v) is 5.65. The number of nitrogens with one attached hydrogen (secondary N) is 1. The van der Waals surface area contributed by atoms with Crippen molar-refractivity contribution in [1.82, 2.24) is 14.9 Å². The van der Waals surface area contributed by atoms with Crippen LogP contribution in [-0.4, -0.2) is 48.9 Å². The van der Waals surface area contributed by atoms with Gasteiger partial charge in [0.15, 0.2) is 0 Å². The normalized spacial score (nSPS) is 18.8. The number of hydrogen-bond donors (Lipinski definition) is 1. The third kappa shape index (κ3) is 2.89. The van der Waals surface area contributed by atoms with E-state index in [-0.39, 0.29) is 0 Å². The quantitative estimate of drug-likeness (QED) is 0.823. The molecule has 1 saturated heterocycles. The average Bonchev–Trinajstić information content (AvgIpc) is 3.09. The molecule has 5 heteroatoms. The molecule has 1 aliphatic heterocycles.